The van der Waals surface area contributed by atoms with Crippen LogP contribution in [-0.4, -0.2) is 29.1 Å². The average Bonchev–Trinajstić information content (AvgIpc) is 2.29. The highest BCUT2D eigenvalue weighted by atomic mass is 35.5. The molecule has 1 heterocycles. The summed E-state index contributed by atoms with van der Waals surface area (Å²) in [6.45, 7) is 2.75. The Bertz CT molecular complexity index is 387. The SMILES string of the molecule is CCOC(=O)CCCNc1nc(N)ncc1Cl. The second kappa shape index (κ2) is 6.90. The van der Waals surface area contributed by atoms with Crippen LogP contribution in [0.3, 0.4) is 0 Å². The fraction of sp³-hybridized carbons (Fsp3) is 0.500. The maximum absolute atomic E-state index is 11.1. The molecule has 94 valence electrons. The monoisotopic (exact) mass is 258 g/mol. The van der Waals surface area contributed by atoms with E-state index in [-0.39, 0.29) is 11.9 Å². The third kappa shape index (κ3) is 4.86. The number of nitrogens with one attached hydrogen (secondary N) is 1. The zero-order valence-corrected chi connectivity index (χ0v) is 10.3. The predicted molar refractivity (Wildman–Crippen MR) is 65.8 cm³/mol. The minimum absolute atomic E-state index is 0.155. The second-order valence-corrected chi connectivity index (χ2v) is 3.67. The van der Waals surface area contributed by atoms with Gasteiger partial charge in [-0.1, -0.05) is 11.6 Å². The second-order valence-electron chi connectivity index (χ2n) is 3.26. The van der Waals surface area contributed by atoms with Gasteiger partial charge in [0.2, 0.25) is 5.95 Å². The van der Waals surface area contributed by atoms with Crippen molar-refractivity contribution in [3.8, 4) is 0 Å². The quantitative estimate of drug-likeness (QED) is 0.593. The fourth-order valence-electron chi connectivity index (χ4n) is 1.18. The Labute approximate surface area is 105 Å². The van der Waals surface area contributed by atoms with E-state index in [0.717, 1.165) is 0 Å². The Hall–Kier alpha value is -1.56. The normalized spacial score (nSPS) is 10.0. The maximum atomic E-state index is 11.1. The number of aromatic nitrogens is 2. The topological polar surface area (TPSA) is 90.1 Å². The lowest BCUT2D eigenvalue weighted by Gasteiger charge is -2.07. The number of nitrogen functional groups attached to an aromatic ring is 1. The van der Waals surface area contributed by atoms with Crippen molar-refractivity contribution in [3.63, 3.8) is 0 Å². The summed E-state index contributed by atoms with van der Waals surface area (Å²) in [5, 5.41) is 3.38. The Balaban J connectivity index is 2.31. The third-order valence-corrected chi connectivity index (χ3v) is 2.19. The van der Waals surface area contributed by atoms with Crippen molar-refractivity contribution in [3.05, 3.63) is 11.2 Å². The molecule has 0 aromatic carbocycles. The largest absolute Gasteiger partial charge is 0.466 e. The van der Waals surface area contributed by atoms with Gasteiger partial charge in [0.1, 0.15) is 10.8 Å². The molecule has 1 rings (SSSR count). The highest BCUT2D eigenvalue weighted by Crippen LogP contribution is 2.18. The van der Waals surface area contributed by atoms with Gasteiger partial charge in [0, 0.05) is 13.0 Å². The van der Waals surface area contributed by atoms with Gasteiger partial charge < -0.3 is 15.8 Å². The standard InChI is InChI=1S/C10H15ClN4O2/c1-2-17-8(16)4-3-5-13-9-7(11)6-14-10(12)15-9/h6H,2-5H2,1H3,(H3,12,13,14,15). The van der Waals surface area contributed by atoms with Crippen LogP contribution >= 0.6 is 11.6 Å². The van der Waals surface area contributed by atoms with E-state index >= 15 is 0 Å². The summed E-state index contributed by atoms with van der Waals surface area (Å²) in [6.07, 6.45) is 2.43. The van der Waals surface area contributed by atoms with Crippen LogP contribution in [0, 0.1) is 0 Å². The van der Waals surface area contributed by atoms with Crippen molar-refractivity contribution in [1.29, 1.82) is 0 Å². The summed E-state index contributed by atoms with van der Waals surface area (Å²) in [5.41, 5.74) is 5.42. The summed E-state index contributed by atoms with van der Waals surface area (Å²) in [6, 6.07) is 0. The number of carbonyl (C=O) groups is 1. The number of ether oxygens (including phenoxy) is 1. The maximum Gasteiger partial charge on any atom is 0.305 e. The van der Waals surface area contributed by atoms with Gasteiger partial charge in [-0.05, 0) is 13.3 Å². The summed E-state index contributed by atoms with van der Waals surface area (Å²) in [4.78, 5) is 18.7. The molecule has 0 saturated carbocycles. The van der Waals surface area contributed by atoms with Crippen LogP contribution in [0.25, 0.3) is 0 Å². The van der Waals surface area contributed by atoms with Crippen LogP contribution in [0.2, 0.25) is 5.02 Å². The van der Waals surface area contributed by atoms with Crippen LogP contribution in [0.4, 0.5) is 11.8 Å². The van der Waals surface area contributed by atoms with Crippen molar-refractivity contribution in [1.82, 2.24) is 9.97 Å². The smallest absolute Gasteiger partial charge is 0.305 e. The molecule has 0 saturated heterocycles. The Morgan fingerprint density at radius 3 is 3.12 bits per heavy atom. The van der Waals surface area contributed by atoms with Gasteiger partial charge in [-0.2, -0.15) is 4.98 Å². The number of nitrogens with zero attached hydrogens (tertiary/aromatic N) is 2. The van der Waals surface area contributed by atoms with Crippen LogP contribution in [0.15, 0.2) is 6.20 Å². The Morgan fingerprint density at radius 1 is 1.65 bits per heavy atom. The van der Waals surface area contributed by atoms with Crippen molar-refractivity contribution in [2.45, 2.75) is 19.8 Å². The van der Waals surface area contributed by atoms with Crippen molar-refractivity contribution in [2.75, 3.05) is 24.2 Å². The van der Waals surface area contributed by atoms with Gasteiger partial charge in [0.25, 0.3) is 0 Å². The molecule has 0 fully saturated rings. The first kappa shape index (κ1) is 13.5. The molecule has 0 amide bonds. The minimum atomic E-state index is -0.206. The van der Waals surface area contributed by atoms with E-state index in [1.807, 2.05) is 0 Å². The number of esters is 1. The summed E-state index contributed by atoms with van der Waals surface area (Å²) < 4.78 is 4.80. The van der Waals surface area contributed by atoms with Crippen LogP contribution in [-0.2, 0) is 9.53 Å². The average molecular weight is 259 g/mol. The lowest BCUT2D eigenvalue weighted by atomic mass is 10.3. The number of hydrogen-bond donors (Lipinski definition) is 2. The Kier molecular flexibility index (Phi) is 5.48. The van der Waals surface area contributed by atoms with Gasteiger partial charge in [-0.15, -0.1) is 0 Å². The van der Waals surface area contributed by atoms with E-state index in [1.54, 1.807) is 6.92 Å². The fourth-order valence-corrected chi connectivity index (χ4v) is 1.34. The number of rotatable bonds is 6. The predicted octanol–water partition coefficient (Wildman–Crippen LogP) is 1.47. The highest BCUT2D eigenvalue weighted by molar-refractivity contribution is 6.32. The number of nitrogens with two attached hydrogens (primary N) is 1. The summed E-state index contributed by atoms with van der Waals surface area (Å²) >= 11 is 5.85. The first-order chi connectivity index (χ1) is 8.13. The molecular formula is C10H15ClN4O2. The van der Waals surface area contributed by atoms with Crippen molar-refractivity contribution < 1.29 is 9.53 Å². The Morgan fingerprint density at radius 2 is 2.41 bits per heavy atom. The first-order valence-corrected chi connectivity index (χ1v) is 5.68. The van der Waals surface area contributed by atoms with E-state index in [4.69, 9.17) is 22.1 Å². The van der Waals surface area contributed by atoms with Crippen LogP contribution in [0.1, 0.15) is 19.8 Å². The number of halogens is 1. The molecule has 0 aliphatic carbocycles. The zero-order chi connectivity index (χ0) is 12.7. The van der Waals surface area contributed by atoms with Gasteiger partial charge in [0.05, 0.1) is 12.8 Å². The van der Waals surface area contributed by atoms with E-state index in [0.29, 0.717) is 36.8 Å². The molecule has 0 aliphatic heterocycles. The molecule has 1 aromatic rings. The van der Waals surface area contributed by atoms with Gasteiger partial charge >= 0.3 is 5.97 Å². The van der Waals surface area contributed by atoms with Crippen LogP contribution in [0.5, 0.6) is 0 Å². The van der Waals surface area contributed by atoms with E-state index in [9.17, 15) is 4.79 Å². The lowest BCUT2D eigenvalue weighted by molar-refractivity contribution is -0.143. The zero-order valence-electron chi connectivity index (χ0n) is 9.57. The third-order valence-electron chi connectivity index (χ3n) is 1.92. The highest BCUT2D eigenvalue weighted by Gasteiger charge is 2.04. The minimum Gasteiger partial charge on any atom is -0.466 e. The molecule has 0 aliphatic rings. The summed E-state index contributed by atoms with van der Waals surface area (Å²) in [7, 11) is 0. The summed E-state index contributed by atoms with van der Waals surface area (Å²) in [5.74, 6) is 0.424. The first-order valence-electron chi connectivity index (χ1n) is 5.31. The van der Waals surface area contributed by atoms with E-state index < -0.39 is 0 Å². The van der Waals surface area contributed by atoms with E-state index in [2.05, 4.69) is 15.3 Å². The molecule has 0 bridgehead atoms. The molecule has 3 N–H and O–H groups in total. The lowest BCUT2D eigenvalue weighted by Crippen LogP contribution is -2.10. The molecular weight excluding hydrogens is 244 g/mol. The molecule has 0 atom stereocenters. The molecule has 0 unspecified atom stereocenters. The number of hydrogen-bond acceptors (Lipinski definition) is 6. The van der Waals surface area contributed by atoms with Gasteiger partial charge in [-0.25, -0.2) is 4.98 Å². The van der Waals surface area contributed by atoms with Crippen molar-refractivity contribution in [2.24, 2.45) is 0 Å². The molecule has 1 aromatic heterocycles. The molecule has 6 nitrogen and oxygen atoms in total. The van der Waals surface area contributed by atoms with Gasteiger partial charge in [0.15, 0.2) is 0 Å². The number of carbonyl (C=O) groups excluding carboxylic acids is 1. The molecule has 7 heteroatoms. The number of anilines is 2. The molecule has 0 radical (unpaired) electrons. The van der Waals surface area contributed by atoms with E-state index in [1.165, 1.54) is 6.20 Å². The molecule has 0 spiro atoms. The molecule has 17 heavy (non-hydrogen) atoms. The van der Waals surface area contributed by atoms with Gasteiger partial charge in [-0.3, -0.25) is 4.79 Å². The van der Waals surface area contributed by atoms with Crippen LogP contribution < -0.4 is 11.1 Å². The van der Waals surface area contributed by atoms with Crippen molar-refractivity contribution >= 4 is 29.3 Å².